The number of carboxylic acids is 1. The van der Waals surface area contributed by atoms with E-state index in [0.29, 0.717) is 46.6 Å². The predicted octanol–water partition coefficient (Wildman–Crippen LogP) is 3.47. The number of hydrogen-bond donors (Lipinski definition) is 1. The van der Waals surface area contributed by atoms with Gasteiger partial charge in [0.1, 0.15) is 19.0 Å². The fourth-order valence-corrected chi connectivity index (χ4v) is 2.65. The molecule has 0 radical (unpaired) electrons. The molecule has 0 bridgehead atoms. The van der Waals surface area contributed by atoms with Gasteiger partial charge in [-0.3, -0.25) is 4.79 Å². The van der Waals surface area contributed by atoms with Gasteiger partial charge in [-0.15, -0.1) is 0 Å². The summed E-state index contributed by atoms with van der Waals surface area (Å²) in [5, 5.41) is 9.05. The summed E-state index contributed by atoms with van der Waals surface area (Å²) in [5.74, 6) is 0.0208. The van der Waals surface area contributed by atoms with Crippen molar-refractivity contribution in [1.82, 2.24) is 0 Å². The molecule has 1 heterocycles. The number of carbonyl (C=O) groups excluding carboxylic acids is 1. The number of benzene rings is 2. The Morgan fingerprint density at radius 3 is 2.81 bits per heavy atom. The van der Waals surface area contributed by atoms with Gasteiger partial charge in [-0.25, -0.2) is 4.79 Å². The molecule has 0 saturated carbocycles. The first kappa shape index (κ1) is 17.8. The van der Waals surface area contributed by atoms with Crippen molar-refractivity contribution in [2.24, 2.45) is 0 Å². The molecule has 3 rings (SSSR count). The largest absolute Gasteiger partial charge is 0.486 e. The van der Waals surface area contributed by atoms with Crippen molar-refractivity contribution >= 4 is 29.4 Å². The van der Waals surface area contributed by atoms with Gasteiger partial charge in [-0.2, -0.15) is 0 Å². The molecule has 0 amide bonds. The van der Waals surface area contributed by atoms with Crippen LogP contribution >= 0.6 is 11.6 Å². The highest BCUT2D eigenvalue weighted by Gasteiger charge is 2.16. The van der Waals surface area contributed by atoms with Crippen LogP contribution in [0.3, 0.4) is 0 Å². The van der Waals surface area contributed by atoms with Gasteiger partial charge < -0.3 is 19.3 Å². The molecule has 2 aromatic rings. The van der Waals surface area contributed by atoms with Crippen molar-refractivity contribution in [2.45, 2.75) is 0 Å². The molecule has 6 nitrogen and oxygen atoms in total. The van der Waals surface area contributed by atoms with E-state index in [4.69, 9.17) is 30.9 Å². The summed E-state index contributed by atoms with van der Waals surface area (Å²) in [7, 11) is 0. The molecule has 7 heteroatoms. The van der Waals surface area contributed by atoms with E-state index in [-0.39, 0.29) is 5.78 Å². The summed E-state index contributed by atoms with van der Waals surface area (Å²) in [6.07, 6.45) is 3.02. The van der Waals surface area contributed by atoms with Crippen LogP contribution < -0.4 is 14.2 Å². The molecule has 1 aliphatic heterocycles. The molecule has 2 aromatic carbocycles. The maximum atomic E-state index is 12.3. The molecule has 0 aromatic heterocycles. The normalized spacial score (nSPS) is 12.8. The molecule has 1 aliphatic rings. The van der Waals surface area contributed by atoms with Crippen molar-refractivity contribution in [2.75, 3.05) is 19.8 Å². The lowest BCUT2D eigenvalue weighted by molar-refractivity contribution is -0.139. The number of ether oxygens (including phenoxy) is 3. The van der Waals surface area contributed by atoms with E-state index >= 15 is 0 Å². The molecular weight excluding hydrogens is 360 g/mol. The maximum absolute atomic E-state index is 12.3. The minimum absolute atomic E-state index is 0.253. The zero-order valence-electron chi connectivity index (χ0n) is 13.6. The maximum Gasteiger partial charge on any atom is 0.341 e. The number of fused-ring (bicyclic) bond motifs is 1. The van der Waals surface area contributed by atoms with Crippen LogP contribution in [-0.2, 0) is 4.79 Å². The first-order chi connectivity index (χ1) is 12.5. The lowest BCUT2D eigenvalue weighted by atomic mass is 10.1. The standard InChI is InChI=1S/C19H15ClO6/c20-15-8-12(9-17-19(15)25-7-6-24-17)4-5-16(21)13-2-1-3-14(10-13)26-11-18(22)23/h1-5,8-10H,6-7,11H2,(H,22,23)/b5-4+. The number of ketones is 1. The Balaban J connectivity index is 1.74. The number of allylic oxidation sites excluding steroid dienone is 1. The molecule has 0 atom stereocenters. The van der Waals surface area contributed by atoms with Gasteiger partial charge in [0, 0.05) is 5.56 Å². The van der Waals surface area contributed by atoms with Gasteiger partial charge in [0.25, 0.3) is 0 Å². The first-order valence-corrected chi connectivity index (χ1v) is 8.17. The number of carbonyl (C=O) groups is 2. The van der Waals surface area contributed by atoms with Gasteiger partial charge in [0.15, 0.2) is 23.9 Å². The van der Waals surface area contributed by atoms with E-state index in [1.807, 2.05) is 0 Å². The van der Waals surface area contributed by atoms with Crippen LogP contribution in [0.15, 0.2) is 42.5 Å². The molecular formula is C19H15ClO6. The monoisotopic (exact) mass is 374 g/mol. The van der Waals surface area contributed by atoms with Crippen molar-refractivity contribution in [1.29, 1.82) is 0 Å². The van der Waals surface area contributed by atoms with Crippen molar-refractivity contribution in [3.8, 4) is 17.2 Å². The number of carboxylic acid groups (broad SMARTS) is 1. The second-order valence-corrected chi connectivity index (χ2v) is 5.84. The Bertz CT molecular complexity index is 874. The SMILES string of the molecule is O=C(O)COc1cccc(C(=O)/C=C/c2cc(Cl)c3c(c2)OCCO3)c1. The second-order valence-electron chi connectivity index (χ2n) is 5.43. The summed E-state index contributed by atoms with van der Waals surface area (Å²) >= 11 is 6.17. The third-order valence-corrected chi connectivity index (χ3v) is 3.81. The van der Waals surface area contributed by atoms with Gasteiger partial charge in [0.2, 0.25) is 0 Å². The Hall–Kier alpha value is -2.99. The summed E-state index contributed by atoms with van der Waals surface area (Å²) < 4.78 is 16.0. The molecule has 0 spiro atoms. The average Bonchev–Trinajstić information content (AvgIpc) is 2.65. The van der Waals surface area contributed by atoms with Gasteiger partial charge in [0.05, 0.1) is 5.02 Å². The molecule has 0 saturated heterocycles. The summed E-state index contributed by atoms with van der Waals surface area (Å²) in [6, 6.07) is 9.76. The van der Waals surface area contributed by atoms with Crippen LogP contribution in [0.2, 0.25) is 5.02 Å². The number of halogens is 1. The fourth-order valence-electron chi connectivity index (χ4n) is 2.38. The quantitative estimate of drug-likeness (QED) is 0.616. The fraction of sp³-hybridized carbons (Fsp3) is 0.158. The van der Waals surface area contributed by atoms with Crippen LogP contribution in [0, 0.1) is 0 Å². The molecule has 0 unspecified atom stereocenters. The second kappa shape index (κ2) is 7.93. The highest BCUT2D eigenvalue weighted by molar-refractivity contribution is 6.32. The van der Waals surface area contributed by atoms with E-state index in [1.54, 1.807) is 36.4 Å². The predicted molar refractivity (Wildman–Crippen MR) is 95.4 cm³/mol. The smallest absolute Gasteiger partial charge is 0.341 e. The minimum atomic E-state index is -1.09. The van der Waals surface area contributed by atoms with E-state index in [2.05, 4.69) is 0 Å². The minimum Gasteiger partial charge on any atom is -0.486 e. The molecule has 0 aliphatic carbocycles. The number of rotatable bonds is 6. The van der Waals surface area contributed by atoms with E-state index < -0.39 is 12.6 Å². The van der Waals surface area contributed by atoms with Crippen LogP contribution in [0.1, 0.15) is 15.9 Å². The Morgan fingerprint density at radius 1 is 1.19 bits per heavy atom. The van der Waals surface area contributed by atoms with Crippen LogP contribution in [0.5, 0.6) is 17.2 Å². The Morgan fingerprint density at radius 2 is 2.00 bits per heavy atom. The lowest BCUT2D eigenvalue weighted by Crippen LogP contribution is -2.15. The zero-order chi connectivity index (χ0) is 18.5. The topological polar surface area (TPSA) is 82.1 Å². The average molecular weight is 375 g/mol. The zero-order valence-corrected chi connectivity index (χ0v) is 14.4. The number of aliphatic carboxylic acids is 1. The lowest BCUT2D eigenvalue weighted by Gasteiger charge is -2.19. The van der Waals surface area contributed by atoms with Crippen molar-refractivity contribution in [3.05, 3.63) is 58.6 Å². The van der Waals surface area contributed by atoms with Crippen molar-refractivity contribution < 1.29 is 28.9 Å². The van der Waals surface area contributed by atoms with E-state index in [0.717, 1.165) is 0 Å². The van der Waals surface area contributed by atoms with Gasteiger partial charge >= 0.3 is 5.97 Å². The summed E-state index contributed by atoms with van der Waals surface area (Å²) in [6.45, 7) is 0.419. The Labute approximate surface area is 154 Å². The van der Waals surface area contributed by atoms with Crippen molar-refractivity contribution in [3.63, 3.8) is 0 Å². The first-order valence-electron chi connectivity index (χ1n) is 7.79. The molecule has 26 heavy (non-hydrogen) atoms. The Kier molecular flexibility index (Phi) is 5.43. The van der Waals surface area contributed by atoms with Gasteiger partial charge in [-0.1, -0.05) is 29.8 Å². The van der Waals surface area contributed by atoms with E-state index in [9.17, 15) is 9.59 Å². The highest BCUT2D eigenvalue weighted by Crippen LogP contribution is 2.38. The summed E-state index contributed by atoms with van der Waals surface area (Å²) in [4.78, 5) is 22.9. The molecule has 1 N–H and O–H groups in total. The third kappa shape index (κ3) is 4.34. The van der Waals surface area contributed by atoms with Gasteiger partial charge in [-0.05, 0) is 35.9 Å². The highest BCUT2D eigenvalue weighted by atomic mass is 35.5. The number of hydrogen-bond acceptors (Lipinski definition) is 5. The van der Waals surface area contributed by atoms with Crippen LogP contribution in [0.25, 0.3) is 6.08 Å². The van der Waals surface area contributed by atoms with E-state index in [1.165, 1.54) is 12.1 Å². The van der Waals surface area contributed by atoms with Crippen LogP contribution in [0.4, 0.5) is 0 Å². The van der Waals surface area contributed by atoms with Crippen LogP contribution in [-0.4, -0.2) is 36.7 Å². The molecule has 134 valence electrons. The molecule has 0 fully saturated rings. The third-order valence-electron chi connectivity index (χ3n) is 3.53. The summed E-state index contributed by atoms with van der Waals surface area (Å²) in [5.41, 5.74) is 1.08.